The van der Waals surface area contributed by atoms with Gasteiger partial charge in [-0.2, -0.15) is 18.3 Å². The molecule has 8 heterocycles. The van der Waals surface area contributed by atoms with Crippen LogP contribution in [-0.2, 0) is 28.2 Å². The molecule has 0 bridgehead atoms. The van der Waals surface area contributed by atoms with Gasteiger partial charge in [-0.3, -0.25) is 0 Å². The summed E-state index contributed by atoms with van der Waals surface area (Å²) >= 11 is 0. The fourth-order valence-electron chi connectivity index (χ4n) is 15.5. The summed E-state index contributed by atoms with van der Waals surface area (Å²) in [6.45, 7) is 33.3. The third kappa shape index (κ3) is 13.6. The first kappa shape index (κ1) is 50.0. The molecule has 8 aromatic carbocycles. The molecule has 16 rings (SSSR count). The van der Waals surface area contributed by atoms with Crippen molar-refractivity contribution in [1.82, 2.24) is 0 Å². The molecule has 12 nitrogen and oxygen atoms in total. The zero-order valence-corrected chi connectivity index (χ0v) is 68.4. The number of furan rings is 4. The van der Waals surface area contributed by atoms with Crippen molar-refractivity contribution in [3.63, 3.8) is 0 Å². The van der Waals surface area contributed by atoms with Crippen LogP contribution in [0.2, 0.25) is 0 Å². The number of benzene rings is 8. The second-order valence-corrected chi connectivity index (χ2v) is 29.8. The van der Waals surface area contributed by atoms with Crippen LogP contribution in [0, 0.1) is 137 Å². The standard InChI is InChI=1S/4C26H27N2O/c1-14(2)20-13-22(28(8)18(6)17(20)5)24-16(4)9-11-19-23-15(3)10-12-21(27-7)26(23)29-25(19)24;1-14(2)21-13-22(28(8)18(6)17(21)5)23-15(3)9-11-19-20-12-10-16(4)24(27-7)26(20)29-25(19)23;1-14(2)20-13-23(28(8)18(6)17(20)5)24-16(4)9-10-19-21-11-15(3)12-22(27-7)25(21)29-26(19)24;1-14(2)20-13-22(28(8)18(6)17(20)5)24-16(4)12-15(3)23-19-10-9-11-21(27-7)25(19)29-26(23)24/h4*9-14H,1-6,8H3/q4*+1/i4*1D3,5D3,13D,14D. The van der Waals surface area contributed by atoms with Crippen molar-refractivity contribution in [3.8, 4) is 45.0 Å². The van der Waals surface area contributed by atoms with Gasteiger partial charge in [0.15, 0.2) is 22.8 Å². The van der Waals surface area contributed by atoms with E-state index in [-0.39, 0.29) is 114 Å². The molecule has 0 radical (unpaired) electrons. The SMILES string of the molecule is [2H]c1c(C([2H])(C)C([2H])([2H])[2H])c(C([2H])([2H])[2H])c(C)[n+](C)c1-c1c(C)cc(C)c2c1oc1c([N+]#[C-])cccc12.[2H]c1c(C([2H])(C)C([2H])([2H])[2H])c(C([2H])([2H])[2H])c(C)[n+](C)c1-c1c(C)ccc2c1oc1c([N+]#[C-])c(C)ccc12.[2H]c1c(C([2H])(C)C([2H])([2H])[2H])c(C([2H])([2H])[2H])c(C)[n+](C)c1-c1c(C)ccc2c1oc1c([N+]#[C-])cc(C)cc12.[2H]c1c(C([2H])(C)C([2H])([2H])[2H])c(C([2H])([2H])[2H])c(C)[n+](C)c1-c1c(C)ccc2c1oc1c([N+]#[C-])ccc(C)c12. The largest absolute Gasteiger partial charge is 0.466 e. The number of hydrogen-bond acceptors (Lipinski definition) is 4. The van der Waals surface area contributed by atoms with Crippen LogP contribution in [0.5, 0.6) is 0 Å². The summed E-state index contributed by atoms with van der Waals surface area (Å²) in [6.07, 6.45) is 0. The van der Waals surface area contributed by atoms with Crippen LogP contribution >= 0.6 is 0 Å². The fraction of sp³-hybridized carbons (Fsp3) is 0.308. The predicted octanol–water partition coefficient (Wildman–Crippen LogP) is 27.9. The molecule has 8 aromatic heterocycles. The molecule has 0 aliphatic heterocycles. The molecule has 0 aliphatic carbocycles. The first-order valence-corrected chi connectivity index (χ1v) is 37.3. The normalized spacial score (nSPS) is 18.5. The lowest BCUT2D eigenvalue weighted by atomic mass is 9.92. The van der Waals surface area contributed by atoms with E-state index in [0.717, 1.165) is 87.8 Å². The van der Waals surface area contributed by atoms with Gasteiger partial charge in [0, 0.05) is 156 Å². The van der Waals surface area contributed by atoms with Gasteiger partial charge in [0.05, 0.1) is 54.0 Å². The van der Waals surface area contributed by atoms with E-state index in [1.165, 1.54) is 0 Å². The Kier molecular flexibility index (Phi) is 13.5. The molecule has 0 spiro atoms. The first-order valence-electron chi connectivity index (χ1n) is 53.3. The van der Waals surface area contributed by atoms with Crippen molar-refractivity contribution in [3.05, 3.63) is 279 Å². The van der Waals surface area contributed by atoms with Gasteiger partial charge in [-0.05, 0) is 174 Å². The van der Waals surface area contributed by atoms with Gasteiger partial charge in [-0.15, -0.1) is 0 Å². The highest BCUT2D eigenvalue weighted by atomic mass is 16.3. The maximum absolute atomic E-state index is 9.19. The number of fused-ring (bicyclic) bond motifs is 12. The van der Waals surface area contributed by atoms with Gasteiger partial charge >= 0.3 is 0 Å². The van der Waals surface area contributed by atoms with Crippen LogP contribution in [0.4, 0.5) is 22.7 Å². The maximum Gasteiger partial charge on any atom is 0.232 e. The highest BCUT2D eigenvalue weighted by molar-refractivity contribution is 6.17. The molecule has 4 unspecified atom stereocenters. The van der Waals surface area contributed by atoms with Crippen molar-refractivity contribution in [2.24, 2.45) is 28.2 Å². The molecule has 584 valence electrons. The first-order chi connectivity index (χ1) is 67.8. The summed E-state index contributed by atoms with van der Waals surface area (Å²) in [5.41, 5.74) is 12.2. The van der Waals surface area contributed by atoms with Crippen LogP contribution in [0.25, 0.3) is 152 Å². The number of rotatable bonds is 8. The zero-order valence-electron chi connectivity index (χ0n) is 100. The van der Waals surface area contributed by atoms with Crippen LogP contribution in [0.15, 0.2) is 139 Å². The molecule has 0 fully saturated rings. The molecule has 4 atom stereocenters. The average Bonchev–Trinajstić information content (AvgIpc) is 1.13. The lowest BCUT2D eigenvalue weighted by Gasteiger charge is -2.15. The Morgan fingerprint density at radius 3 is 1.10 bits per heavy atom. The van der Waals surface area contributed by atoms with Crippen molar-refractivity contribution >= 4 is 111 Å². The Labute approximate surface area is 729 Å². The molecule has 0 saturated heterocycles. The summed E-state index contributed by atoms with van der Waals surface area (Å²) in [5.74, 6) is -9.48. The second-order valence-electron chi connectivity index (χ2n) is 29.8. The lowest BCUT2D eigenvalue weighted by Crippen LogP contribution is -2.36. The van der Waals surface area contributed by atoms with Crippen LogP contribution in [0.1, 0.15) is 234 Å². The van der Waals surface area contributed by atoms with E-state index in [0.29, 0.717) is 117 Å². The van der Waals surface area contributed by atoms with Gasteiger partial charge in [-0.1, -0.05) is 152 Å². The van der Waals surface area contributed by atoms with Crippen molar-refractivity contribution in [2.75, 3.05) is 0 Å². The molecule has 0 amide bonds. The fourth-order valence-corrected chi connectivity index (χ4v) is 15.5. The Bertz CT molecular complexity index is 8390. The van der Waals surface area contributed by atoms with E-state index < -0.39 is 78.4 Å². The van der Waals surface area contributed by atoms with Crippen molar-refractivity contribution in [2.45, 2.75) is 189 Å². The molecule has 16 aromatic rings. The van der Waals surface area contributed by atoms with Gasteiger partial charge < -0.3 is 17.7 Å². The lowest BCUT2D eigenvalue weighted by molar-refractivity contribution is -0.667. The monoisotopic (exact) mass is 1570 g/mol. The molecule has 12 heteroatoms. The molecular weight excluding hydrogens is 1430 g/mol. The Balaban J connectivity index is 0.000000165. The van der Waals surface area contributed by atoms with E-state index in [4.69, 9.17) is 85.1 Å². The minimum Gasteiger partial charge on any atom is -0.466 e. The van der Waals surface area contributed by atoms with E-state index >= 15 is 0 Å². The minimum atomic E-state index is -2.89. The van der Waals surface area contributed by atoms with Gasteiger partial charge in [0.1, 0.15) is 72.9 Å². The van der Waals surface area contributed by atoms with E-state index in [2.05, 4.69) is 19.4 Å². The molecule has 116 heavy (non-hydrogen) atoms. The van der Waals surface area contributed by atoms with Crippen molar-refractivity contribution in [1.29, 1.82) is 0 Å². The maximum atomic E-state index is 9.19. The third-order valence-corrected chi connectivity index (χ3v) is 22.3. The van der Waals surface area contributed by atoms with E-state index in [9.17, 15) is 2.74 Å². The van der Waals surface area contributed by atoms with Gasteiger partial charge in [0.25, 0.3) is 0 Å². The number of aromatic nitrogens is 4. The van der Waals surface area contributed by atoms with Gasteiger partial charge in [0.2, 0.25) is 45.5 Å². The summed E-state index contributed by atoms with van der Waals surface area (Å²) < 4.78 is 297. The molecule has 0 N–H and O–H groups in total. The number of hydrogen-bond donors (Lipinski definition) is 0. The number of pyridine rings is 4. The highest BCUT2D eigenvalue weighted by Gasteiger charge is 2.32. The Hall–Kier alpha value is -12.5. The van der Waals surface area contributed by atoms with Crippen LogP contribution in [0.3, 0.4) is 0 Å². The van der Waals surface area contributed by atoms with Gasteiger partial charge in [-0.25, -0.2) is 19.4 Å². The third-order valence-electron chi connectivity index (χ3n) is 22.3. The molecule has 0 saturated carbocycles. The van der Waals surface area contributed by atoms with Crippen LogP contribution < -0.4 is 18.3 Å². The summed E-state index contributed by atoms with van der Waals surface area (Å²) in [7, 11) is 6.48. The topological polar surface area (TPSA) is 85.5 Å². The second kappa shape index (κ2) is 31.4. The van der Waals surface area contributed by atoms with Crippen molar-refractivity contribution < 1.29 is 79.8 Å². The van der Waals surface area contributed by atoms with E-state index in [1.807, 2.05) is 128 Å². The van der Waals surface area contributed by atoms with E-state index in [1.54, 1.807) is 98.4 Å². The zero-order chi connectivity index (χ0) is 111. The van der Waals surface area contributed by atoms with Crippen LogP contribution in [-0.4, -0.2) is 0 Å². The number of nitrogens with zero attached hydrogens (tertiary/aromatic N) is 8. The Morgan fingerprint density at radius 2 is 0.672 bits per heavy atom. The Morgan fingerprint density at radius 1 is 0.328 bits per heavy atom. The highest BCUT2D eigenvalue weighted by Crippen LogP contribution is 2.48. The minimum absolute atomic E-state index is 0.230. The number of para-hydroxylation sites is 1. The summed E-state index contributed by atoms with van der Waals surface area (Å²) in [4.78, 5) is 14.4. The average molecular weight is 1570 g/mol. The smallest absolute Gasteiger partial charge is 0.232 e. The molecule has 0 aliphatic rings. The molecular formula is C104H108N8O4+4. The quantitative estimate of drug-likeness (QED) is 0.112. The summed E-state index contributed by atoms with van der Waals surface area (Å²) in [6, 6.07) is 27.8. The summed E-state index contributed by atoms with van der Waals surface area (Å²) in [5, 5.41) is 5.87. The predicted molar refractivity (Wildman–Crippen MR) is 479 cm³/mol. The number of aryl methyl sites for hydroxylation is 8.